The van der Waals surface area contributed by atoms with E-state index in [4.69, 9.17) is 10.5 Å². The molecular weight excluding hydrogens is 164 g/mol. The van der Waals surface area contributed by atoms with Gasteiger partial charge >= 0.3 is 0 Å². The van der Waals surface area contributed by atoms with Gasteiger partial charge in [0, 0.05) is 6.42 Å². The van der Waals surface area contributed by atoms with Crippen molar-refractivity contribution in [1.29, 1.82) is 10.5 Å². The van der Waals surface area contributed by atoms with E-state index < -0.39 is 11.5 Å². The van der Waals surface area contributed by atoms with Gasteiger partial charge in [-0.25, -0.2) is 0 Å². The normalized spacial score (nSPS) is 15.9. The maximum absolute atomic E-state index is 9.71. The number of rotatable bonds is 5. The van der Waals surface area contributed by atoms with Crippen LogP contribution in [0, 0.1) is 28.6 Å². The van der Waals surface area contributed by atoms with Gasteiger partial charge in [-0.15, -0.1) is 13.2 Å². The lowest BCUT2D eigenvalue weighted by Crippen LogP contribution is -2.34. The zero-order valence-electron chi connectivity index (χ0n) is 7.40. The highest BCUT2D eigenvalue weighted by atomic mass is 16.3. The number of aliphatic hydroxyl groups is 1. The summed E-state index contributed by atoms with van der Waals surface area (Å²) < 4.78 is 0. The standard InChI is InChI=1S/C10H12N2O/c1-3-5-9(7-11)10(13,8-12)6-4-2/h3-4,9,13H,1-2,5-6H2. The van der Waals surface area contributed by atoms with E-state index >= 15 is 0 Å². The van der Waals surface area contributed by atoms with Crippen molar-refractivity contribution in [3.63, 3.8) is 0 Å². The summed E-state index contributed by atoms with van der Waals surface area (Å²) >= 11 is 0. The number of hydrogen-bond acceptors (Lipinski definition) is 3. The molecule has 2 unspecified atom stereocenters. The minimum Gasteiger partial charge on any atom is -0.374 e. The van der Waals surface area contributed by atoms with Crippen molar-refractivity contribution in [3.8, 4) is 12.1 Å². The fourth-order valence-corrected chi connectivity index (χ4v) is 1.01. The van der Waals surface area contributed by atoms with Gasteiger partial charge in [0.25, 0.3) is 0 Å². The average molecular weight is 176 g/mol. The number of nitriles is 2. The minimum atomic E-state index is -1.63. The summed E-state index contributed by atoms with van der Waals surface area (Å²) in [6.45, 7) is 6.88. The molecule has 0 saturated carbocycles. The van der Waals surface area contributed by atoms with Crippen LogP contribution in [0.25, 0.3) is 0 Å². The molecule has 13 heavy (non-hydrogen) atoms. The number of hydrogen-bond donors (Lipinski definition) is 1. The monoisotopic (exact) mass is 176 g/mol. The molecule has 0 rings (SSSR count). The summed E-state index contributed by atoms with van der Waals surface area (Å²) in [7, 11) is 0. The highest BCUT2D eigenvalue weighted by Gasteiger charge is 2.35. The van der Waals surface area contributed by atoms with Crippen molar-refractivity contribution in [2.24, 2.45) is 5.92 Å². The maximum atomic E-state index is 9.71. The molecule has 3 nitrogen and oxygen atoms in total. The third-order valence-corrected chi connectivity index (χ3v) is 1.78. The second-order valence-electron chi connectivity index (χ2n) is 2.73. The van der Waals surface area contributed by atoms with E-state index in [1.807, 2.05) is 6.07 Å². The Morgan fingerprint density at radius 1 is 1.38 bits per heavy atom. The fraction of sp³-hybridized carbons (Fsp3) is 0.400. The van der Waals surface area contributed by atoms with Gasteiger partial charge in [0.05, 0.1) is 18.1 Å². The van der Waals surface area contributed by atoms with Gasteiger partial charge in [0.15, 0.2) is 5.60 Å². The summed E-state index contributed by atoms with van der Waals surface area (Å²) in [6, 6.07) is 3.62. The highest BCUT2D eigenvalue weighted by molar-refractivity contribution is 5.14. The van der Waals surface area contributed by atoms with Crippen LogP contribution in [0.2, 0.25) is 0 Å². The van der Waals surface area contributed by atoms with Crippen LogP contribution >= 0.6 is 0 Å². The molecule has 0 fully saturated rings. The molecule has 3 heteroatoms. The molecule has 0 radical (unpaired) electrons. The molecule has 0 heterocycles. The topological polar surface area (TPSA) is 67.8 Å². The Morgan fingerprint density at radius 3 is 2.31 bits per heavy atom. The Morgan fingerprint density at radius 2 is 2.00 bits per heavy atom. The molecule has 0 aromatic heterocycles. The highest BCUT2D eigenvalue weighted by Crippen LogP contribution is 2.24. The summed E-state index contributed by atoms with van der Waals surface area (Å²) in [5.41, 5.74) is -1.63. The Hall–Kier alpha value is -1.58. The predicted molar refractivity (Wildman–Crippen MR) is 49.3 cm³/mol. The van der Waals surface area contributed by atoms with Gasteiger partial charge < -0.3 is 5.11 Å². The predicted octanol–water partition coefficient (Wildman–Crippen LogP) is 1.53. The number of allylic oxidation sites excluding steroid dienone is 1. The Balaban J connectivity index is 4.72. The van der Waals surface area contributed by atoms with Crippen LogP contribution in [0.5, 0.6) is 0 Å². The van der Waals surface area contributed by atoms with Crippen LogP contribution < -0.4 is 0 Å². The molecule has 0 aliphatic carbocycles. The number of nitrogens with zero attached hydrogens (tertiary/aromatic N) is 2. The third-order valence-electron chi connectivity index (χ3n) is 1.78. The van der Waals surface area contributed by atoms with Crippen LogP contribution in [-0.4, -0.2) is 10.7 Å². The maximum Gasteiger partial charge on any atom is 0.170 e. The quantitative estimate of drug-likeness (QED) is 0.510. The van der Waals surface area contributed by atoms with Gasteiger partial charge in [-0.05, 0) is 6.42 Å². The van der Waals surface area contributed by atoms with Crippen LogP contribution in [0.4, 0.5) is 0 Å². The summed E-state index contributed by atoms with van der Waals surface area (Å²) in [5.74, 6) is -0.743. The molecule has 1 N–H and O–H groups in total. The molecular formula is C10H12N2O. The van der Waals surface area contributed by atoms with Gasteiger partial charge in [-0.1, -0.05) is 12.2 Å². The third kappa shape index (κ3) is 2.74. The van der Waals surface area contributed by atoms with E-state index in [2.05, 4.69) is 13.2 Å². The minimum absolute atomic E-state index is 0.0928. The smallest absolute Gasteiger partial charge is 0.170 e. The lowest BCUT2D eigenvalue weighted by Gasteiger charge is -2.22. The van der Waals surface area contributed by atoms with Gasteiger partial charge in [-0.3, -0.25) is 0 Å². The Kier molecular flexibility index (Phi) is 4.51. The molecule has 0 aromatic rings. The second-order valence-corrected chi connectivity index (χ2v) is 2.73. The van der Waals surface area contributed by atoms with E-state index in [1.165, 1.54) is 12.2 Å². The molecule has 2 atom stereocenters. The second kappa shape index (κ2) is 5.13. The van der Waals surface area contributed by atoms with Gasteiger partial charge in [0.2, 0.25) is 0 Å². The lowest BCUT2D eigenvalue weighted by molar-refractivity contribution is 0.0627. The molecule has 0 aliphatic heterocycles. The van der Waals surface area contributed by atoms with Gasteiger partial charge in [-0.2, -0.15) is 10.5 Å². The summed E-state index contributed by atoms with van der Waals surface area (Å²) in [5, 5.41) is 27.1. The van der Waals surface area contributed by atoms with Crippen molar-refractivity contribution in [2.45, 2.75) is 18.4 Å². The van der Waals surface area contributed by atoms with Crippen molar-refractivity contribution in [3.05, 3.63) is 25.3 Å². The van der Waals surface area contributed by atoms with E-state index in [-0.39, 0.29) is 6.42 Å². The first-order chi connectivity index (χ1) is 6.14. The SMILES string of the molecule is C=CCC(C#N)C(O)(C#N)CC=C. The molecule has 68 valence electrons. The molecule has 0 aromatic carbocycles. The fourth-order valence-electron chi connectivity index (χ4n) is 1.01. The first-order valence-corrected chi connectivity index (χ1v) is 3.89. The molecule has 0 aliphatic rings. The molecule has 0 bridgehead atoms. The lowest BCUT2D eigenvalue weighted by atomic mass is 9.84. The molecule has 0 saturated heterocycles. The van der Waals surface area contributed by atoms with Crippen molar-refractivity contribution in [2.75, 3.05) is 0 Å². The van der Waals surface area contributed by atoms with E-state index in [0.717, 1.165) is 0 Å². The molecule has 0 amide bonds. The first-order valence-electron chi connectivity index (χ1n) is 3.89. The van der Waals surface area contributed by atoms with Gasteiger partial charge in [0.1, 0.15) is 0 Å². The Labute approximate surface area is 78.2 Å². The van der Waals surface area contributed by atoms with Crippen LogP contribution in [-0.2, 0) is 0 Å². The zero-order valence-corrected chi connectivity index (χ0v) is 7.40. The summed E-state index contributed by atoms with van der Waals surface area (Å²) in [4.78, 5) is 0. The Bertz CT molecular complexity index is 272. The zero-order chi connectivity index (χ0) is 10.3. The first kappa shape index (κ1) is 11.4. The van der Waals surface area contributed by atoms with Crippen LogP contribution in [0.15, 0.2) is 25.3 Å². The molecule has 0 spiro atoms. The van der Waals surface area contributed by atoms with E-state index in [1.54, 1.807) is 6.07 Å². The van der Waals surface area contributed by atoms with E-state index in [0.29, 0.717) is 6.42 Å². The largest absolute Gasteiger partial charge is 0.374 e. The van der Waals surface area contributed by atoms with Crippen molar-refractivity contribution < 1.29 is 5.11 Å². The average Bonchev–Trinajstić information content (AvgIpc) is 2.14. The van der Waals surface area contributed by atoms with E-state index in [9.17, 15) is 5.11 Å². The summed E-state index contributed by atoms with van der Waals surface area (Å²) in [6.07, 6.45) is 3.33. The van der Waals surface area contributed by atoms with Crippen LogP contribution in [0.1, 0.15) is 12.8 Å². The van der Waals surface area contributed by atoms with Crippen LogP contribution in [0.3, 0.4) is 0 Å². The van der Waals surface area contributed by atoms with Crippen molar-refractivity contribution in [1.82, 2.24) is 0 Å². The van der Waals surface area contributed by atoms with Crippen molar-refractivity contribution >= 4 is 0 Å².